The Morgan fingerprint density at radius 2 is 2.15 bits per heavy atom. The molecule has 1 unspecified atom stereocenters. The lowest BCUT2D eigenvalue weighted by molar-refractivity contribution is -0.141. The number of aromatic nitrogens is 2. The smallest absolute Gasteiger partial charge is 0.356 e. The minimum Gasteiger partial charge on any atom is -0.491 e. The number of urea groups is 1. The first-order valence-corrected chi connectivity index (χ1v) is 11.2. The fourth-order valence-electron chi connectivity index (χ4n) is 4.46. The molecule has 0 saturated carbocycles. The normalized spacial score (nSPS) is 22.3. The Labute approximate surface area is 197 Å². The lowest BCUT2D eigenvalue weighted by Gasteiger charge is -2.35. The van der Waals surface area contributed by atoms with Crippen molar-refractivity contribution < 1.29 is 28.5 Å². The highest BCUT2D eigenvalue weighted by Crippen LogP contribution is 2.39. The molecule has 2 aromatic heterocycles. The molecule has 180 valence electrons. The monoisotopic (exact) mass is 469 g/mol. The molecule has 2 fully saturated rings. The predicted molar refractivity (Wildman–Crippen MR) is 122 cm³/mol. The number of anilines is 3. The van der Waals surface area contributed by atoms with Gasteiger partial charge < -0.3 is 23.8 Å². The van der Waals surface area contributed by atoms with Crippen molar-refractivity contribution in [2.75, 3.05) is 48.5 Å². The highest BCUT2D eigenvalue weighted by atomic mass is 16.7. The number of ether oxygens (including phenoxy) is 4. The van der Waals surface area contributed by atoms with Gasteiger partial charge in [-0.15, -0.1) is 0 Å². The Morgan fingerprint density at radius 3 is 2.91 bits per heavy atom. The third-order valence-electron chi connectivity index (χ3n) is 6.03. The molecule has 0 spiro atoms. The first kappa shape index (κ1) is 22.4. The summed E-state index contributed by atoms with van der Waals surface area (Å²) in [6.45, 7) is 6.01. The van der Waals surface area contributed by atoms with Crippen LogP contribution in [0, 0.1) is 0 Å². The molecule has 0 aromatic carbocycles. The molecule has 2 saturated heterocycles. The van der Waals surface area contributed by atoms with Gasteiger partial charge in [-0.3, -0.25) is 10.2 Å². The second kappa shape index (κ2) is 8.73. The minimum absolute atomic E-state index is 0.0600. The lowest BCUT2D eigenvalue weighted by atomic mass is 10.2. The van der Waals surface area contributed by atoms with E-state index < -0.39 is 11.8 Å². The Hall–Kier alpha value is -3.44. The molecular formula is C23H27N5O6. The molecule has 2 bridgehead atoms. The maximum Gasteiger partial charge on any atom is 0.356 e. The summed E-state index contributed by atoms with van der Waals surface area (Å²) < 4.78 is 21.9. The van der Waals surface area contributed by atoms with E-state index in [-0.39, 0.29) is 23.9 Å². The Bertz CT molecular complexity index is 1110. The van der Waals surface area contributed by atoms with Crippen molar-refractivity contribution in [3.05, 3.63) is 36.2 Å². The van der Waals surface area contributed by atoms with Crippen LogP contribution in [0.4, 0.5) is 22.1 Å². The quantitative estimate of drug-likeness (QED) is 0.659. The van der Waals surface area contributed by atoms with E-state index in [9.17, 15) is 9.59 Å². The molecule has 11 heteroatoms. The third-order valence-corrected chi connectivity index (χ3v) is 6.03. The molecule has 5 rings (SSSR count). The average molecular weight is 469 g/mol. The van der Waals surface area contributed by atoms with Crippen LogP contribution >= 0.6 is 0 Å². The average Bonchev–Trinajstić information content (AvgIpc) is 3.40. The Kier molecular flexibility index (Phi) is 5.74. The molecule has 2 atom stereocenters. The van der Waals surface area contributed by atoms with Crippen LogP contribution in [-0.4, -0.2) is 73.3 Å². The molecular weight excluding hydrogens is 442 g/mol. The first-order valence-electron chi connectivity index (χ1n) is 11.2. The number of methoxy groups -OCH3 is 1. The number of amides is 2. The van der Waals surface area contributed by atoms with E-state index in [1.165, 1.54) is 7.11 Å². The second-order valence-electron chi connectivity index (χ2n) is 8.86. The van der Waals surface area contributed by atoms with Crippen molar-refractivity contribution in [2.24, 2.45) is 0 Å². The number of hydrogen-bond acceptors (Lipinski definition) is 9. The maximum atomic E-state index is 13.3. The maximum absolute atomic E-state index is 13.3. The zero-order valence-electron chi connectivity index (χ0n) is 19.3. The summed E-state index contributed by atoms with van der Waals surface area (Å²) in [5.74, 6) is 0.159. The van der Waals surface area contributed by atoms with Crippen molar-refractivity contribution in [3.63, 3.8) is 0 Å². The molecule has 3 aliphatic heterocycles. The van der Waals surface area contributed by atoms with Gasteiger partial charge in [0, 0.05) is 25.4 Å². The van der Waals surface area contributed by atoms with Gasteiger partial charge in [0.2, 0.25) is 0 Å². The molecule has 0 radical (unpaired) electrons. The van der Waals surface area contributed by atoms with Crippen LogP contribution in [0.2, 0.25) is 0 Å². The Morgan fingerprint density at radius 1 is 1.29 bits per heavy atom. The van der Waals surface area contributed by atoms with Crippen LogP contribution in [-0.2, 0) is 14.2 Å². The molecule has 2 aromatic rings. The molecule has 2 amide bonds. The number of hydrogen-bond donors (Lipinski definition) is 1. The number of fused-ring (bicyclic) bond motifs is 4. The summed E-state index contributed by atoms with van der Waals surface area (Å²) in [7, 11) is 1.30. The topological polar surface area (TPSA) is 115 Å². The van der Waals surface area contributed by atoms with Gasteiger partial charge in [0.25, 0.3) is 0 Å². The van der Waals surface area contributed by atoms with Crippen LogP contribution < -0.4 is 19.9 Å². The second-order valence-corrected chi connectivity index (χ2v) is 8.86. The van der Waals surface area contributed by atoms with Crippen LogP contribution in [0.5, 0.6) is 5.75 Å². The zero-order valence-corrected chi connectivity index (χ0v) is 19.3. The number of esters is 1. The van der Waals surface area contributed by atoms with E-state index in [0.29, 0.717) is 37.1 Å². The van der Waals surface area contributed by atoms with E-state index in [2.05, 4.69) is 20.2 Å². The molecule has 11 nitrogen and oxygen atoms in total. The molecule has 5 heterocycles. The number of nitrogens with zero attached hydrogens (tertiary/aromatic N) is 4. The number of carbonyl (C=O) groups is 2. The highest BCUT2D eigenvalue weighted by Gasteiger charge is 2.40. The summed E-state index contributed by atoms with van der Waals surface area (Å²) in [6.07, 6.45) is 2.19. The van der Waals surface area contributed by atoms with Crippen LogP contribution in [0.3, 0.4) is 0 Å². The predicted octanol–water partition coefficient (Wildman–Crippen LogP) is 2.42. The Balaban J connectivity index is 1.31. The third kappa shape index (κ3) is 4.36. The zero-order chi connectivity index (χ0) is 23.9. The molecule has 34 heavy (non-hydrogen) atoms. The van der Waals surface area contributed by atoms with Crippen molar-refractivity contribution in [1.82, 2.24) is 9.97 Å². The number of pyridine rings is 2. The van der Waals surface area contributed by atoms with Gasteiger partial charge in [-0.1, -0.05) is 0 Å². The summed E-state index contributed by atoms with van der Waals surface area (Å²) in [6, 6.07) is 6.35. The molecule has 0 aliphatic carbocycles. The standard InChI is InChI=1S/C23H27N5O6/c1-23(2)33-13-16(34-23)12-32-15-6-8-24-19(10-15)26-22(30)28-14-7-9-27(11-14)18-5-4-17(21(29)31-3)25-20(18)28/h4-6,8,10,14,16H,7,9,11-13H2,1-3H3,(H,24,26,30)/t14-,16?/m0/s1. The number of carbonyl (C=O) groups excluding carboxylic acids is 2. The first-order chi connectivity index (χ1) is 16.3. The van der Waals surface area contributed by atoms with Gasteiger partial charge in [-0.25, -0.2) is 19.6 Å². The van der Waals surface area contributed by atoms with E-state index in [1.807, 2.05) is 13.8 Å². The minimum atomic E-state index is -0.617. The lowest BCUT2D eigenvalue weighted by Crippen LogP contribution is -2.48. The van der Waals surface area contributed by atoms with E-state index >= 15 is 0 Å². The summed E-state index contributed by atoms with van der Waals surface area (Å²) in [4.78, 5) is 37.8. The molecule has 3 aliphatic rings. The highest BCUT2D eigenvalue weighted by molar-refractivity contribution is 6.04. The van der Waals surface area contributed by atoms with E-state index in [4.69, 9.17) is 18.9 Å². The summed E-state index contributed by atoms with van der Waals surface area (Å²) >= 11 is 0. The van der Waals surface area contributed by atoms with Crippen LogP contribution in [0.15, 0.2) is 30.5 Å². The van der Waals surface area contributed by atoms with Crippen molar-refractivity contribution >= 4 is 29.3 Å². The van der Waals surface area contributed by atoms with Gasteiger partial charge in [0.1, 0.15) is 24.3 Å². The van der Waals surface area contributed by atoms with E-state index in [1.54, 1.807) is 35.4 Å². The van der Waals surface area contributed by atoms with Gasteiger partial charge in [0.05, 0.1) is 25.4 Å². The fraction of sp³-hybridized carbons (Fsp3) is 0.478. The van der Waals surface area contributed by atoms with Gasteiger partial charge in [0.15, 0.2) is 17.3 Å². The van der Waals surface area contributed by atoms with Crippen LogP contribution in [0.25, 0.3) is 0 Å². The largest absolute Gasteiger partial charge is 0.491 e. The summed E-state index contributed by atoms with van der Waals surface area (Å²) in [5, 5.41) is 2.84. The van der Waals surface area contributed by atoms with Gasteiger partial charge in [-0.05, 0) is 38.5 Å². The van der Waals surface area contributed by atoms with E-state index in [0.717, 1.165) is 18.7 Å². The molecule has 1 N–H and O–H groups in total. The number of nitrogens with one attached hydrogen (secondary N) is 1. The van der Waals surface area contributed by atoms with Crippen molar-refractivity contribution in [1.29, 1.82) is 0 Å². The fourth-order valence-corrected chi connectivity index (χ4v) is 4.46. The SMILES string of the molecule is COC(=O)c1ccc2c(n1)N(C(=O)Nc1cc(OCC3COC(C)(C)O3)ccn1)[C@H]1CCN2C1. The van der Waals surface area contributed by atoms with Crippen LogP contribution in [0.1, 0.15) is 30.8 Å². The van der Waals surface area contributed by atoms with Gasteiger partial charge in [-0.2, -0.15) is 0 Å². The van der Waals surface area contributed by atoms with Gasteiger partial charge >= 0.3 is 12.0 Å². The van der Waals surface area contributed by atoms with Crippen molar-refractivity contribution in [2.45, 2.75) is 38.2 Å². The van der Waals surface area contributed by atoms with Crippen molar-refractivity contribution in [3.8, 4) is 5.75 Å². The number of rotatable bonds is 5. The summed E-state index contributed by atoms with van der Waals surface area (Å²) in [5.41, 5.74) is 0.958.